The number of carbonyl (C=O) groups is 2. The third-order valence-corrected chi connectivity index (χ3v) is 4.37. The van der Waals surface area contributed by atoms with E-state index in [1.807, 2.05) is 36.5 Å². The Hall–Kier alpha value is -4.20. The van der Waals surface area contributed by atoms with Crippen molar-refractivity contribution in [2.24, 2.45) is 0 Å². The van der Waals surface area contributed by atoms with Crippen molar-refractivity contribution in [1.82, 2.24) is 14.4 Å². The number of ether oxygens (including phenoxy) is 1. The van der Waals surface area contributed by atoms with Crippen LogP contribution in [0.4, 0.5) is 16.3 Å². The van der Waals surface area contributed by atoms with Gasteiger partial charge in [-0.2, -0.15) is 0 Å². The molecule has 4 rings (SSSR count). The van der Waals surface area contributed by atoms with Crippen LogP contribution < -0.4 is 10.6 Å². The van der Waals surface area contributed by atoms with Gasteiger partial charge in [-0.25, -0.2) is 14.6 Å². The second kappa shape index (κ2) is 8.44. The normalized spacial score (nSPS) is 10.6. The van der Waals surface area contributed by atoms with Gasteiger partial charge >= 0.3 is 12.0 Å². The maximum absolute atomic E-state index is 12.7. The van der Waals surface area contributed by atoms with Gasteiger partial charge in [-0.3, -0.25) is 14.7 Å². The zero-order valence-corrected chi connectivity index (χ0v) is 16.2. The lowest BCUT2D eigenvalue weighted by Crippen LogP contribution is -2.20. The van der Waals surface area contributed by atoms with E-state index in [0.29, 0.717) is 35.0 Å². The molecule has 3 heterocycles. The molecule has 0 bridgehead atoms. The smallest absolute Gasteiger partial charge is 0.338 e. The third kappa shape index (κ3) is 3.97. The summed E-state index contributed by atoms with van der Waals surface area (Å²) in [6.45, 7) is 2.05. The second-order valence-electron chi connectivity index (χ2n) is 6.35. The molecule has 4 aromatic rings. The van der Waals surface area contributed by atoms with Crippen molar-refractivity contribution < 1.29 is 14.3 Å². The maximum atomic E-state index is 12.7. The molecule has 0 saturated carbocycles. The second-order valence-corrected chi connectivity index (χ2v) is 6.35. The molecular weight excluding hydrogens is 382 g/mol. The standard InChI is InChI=1S/C22H19N5O3/c1-2-30-21(28)16-6-8-17(9-7-16)24-22(29)26-20-19(15-10-12-23-13-11-15)25-18-5-3-4-14-27(18)20/h3-14H,2H2,1H3,(H2,24,26,29). The van der Waals surface area contributed by atoms with Gasteiger partial charge < -0.3 is 10.1 Å². The minimum atomic E-state index is -0.431. The highest BCUT2D eigenvalue weighted by Gasteiger charge is 2.16. The van der Waals surface area contributed by atoms with Gasteiger partial charge in [0.25, 0.3) is 0 Å². The Bertz CT molecular complexity index is 1190. The molecule has 0 radical (unpaired) electrons. The molecule has 0 fully saturated rings. The molecule has 150 valence electrons. The molecule has 0 aliphatic carbocycles. The van der Waals surface area contributed by atoms with Gasteiger partial charge in [-0.1, -0.05) is 6.07 Å². The lowest BCUT2D eigenvalue weighted by molar-refractivity contribution is 0.0526. The number of nitrogens with one attached hydrogen (secondary N) is 2. The van der Waals surface area contributed by atoms with E-state index in [-0.39, 0.29) is 0 Å². The van der Waals surface area contributed by atoms with E-state index >= 15 is 0 Å². The van der Waals surface area contributed by atoms with Crippen molar-refractivity contribution in [3.63, 3.8) is 0 Å². The number of carbonyl (C=O) groups excluding carboxylic acids is 2. The summed E-state index contributed by atoms with van der Waals surface area (Å²) in [7, 11) is 0. The number of amides is 2. The zero-order valence-electron chi connectivity index (χ0n) is 16.2. The largest absolute Gasteiger partial charge is 0.462 e. The average molecular weight is 401 g/mol. The number of hydrogen-bond donors (Lipinski definition) is 2. The van der Waals surface area contributed by atoms with Crippen molar-refractivity contribution in [1.29, 1.82) is 0 Å². The monoisotopic (exact) mass is 401 g/mol. The van der Waals surface area contributed by atoms with Gasteiger partial charge in [0.05, 0.1) is 12.2 Å². The number of fused-ring (bicyclic) bond motifs is 1. The van der Waals surface area contributed by atoms with Gasteiger partial charge in [0.2, 0.25) is 0 Å². The van der Waals surface area contributed by atoms with Crippen LogP contribution in [0.3, 0.4) is 0 Å². The number of hydrogen-bond acceptors (Lipinski definition) is 5. The van der Waals surface area contributed by atoms with E-state index in [0.717, 1.165) is 5.56 Å². The van der Waals surface area contributed by atoms with Crippen LogP contribution in [0.15, 0.2) is 73.2 Å². The van der Waals surface area contributed by atoms with Gasteiger partial charge in [-0.15, -0.1) is 0 Å². The summed E-state index contributed by atoms with van der Waals surface area (Å²) in [5.41, 5.74) is 3.14. The topological polar surface area (TPSA) is 97.6 Å². The van der Waals surface area contributed by atoms with Gasteiger partial charge in [0, 0.05) is 29.8 Å². The fraction of sp³-hybridized carbons (Fsp3) is 0.0909. The molecule has 0 atom stereocenters. The van der Waals surface area contributed by atoms with Gasteiger partial charge in [0.15, 0.2) is 0 Å². The van der Waals surface area contributed by atoms with E-state index in [2.05, 4.69) is 20.6 Å². The number of pyridine rings is 2. The lowest BCUT2D eigenvalue weighted by Gasteiger charge is -2.10. The molecule has 8 nitrogen and oxygen atoms in total. The highest BCUT2D eigenvalue weighted by Crippen LogP contribution is 2.28. The Labute approximate surface area is 172 Å². The quantitative estimate of drug-likeness (QED) is 0.488. The number of nitrogens with zero attached hydrogens (tertiary/aromatic N) is 3. The molecule has 0 unspecified atom stereocenters. The number of aromatic nitrogens is 3. The molecule has 30 heavy (non-hydrogen) atoms. The fourth-order valence-corrected chi connectivity index (χ4v) is 3.00. The van der Waals surface area contributed by atoms with Crippen molar-refractivity contribution in [3.8, 4) is 11.3 Å². The number of urea groups is 1. The first kappa shape index (κ1) is 19.1. The first-order chi connectivity index (χ1) is 14.7. The predicted molar refractivity (Wildman–Crippen MR) is 113 cm³/mol. The fourth-order valence-electron chi connectivity index (χ4n) is 3.00. The first-order valence-corrected chi connectivity index (χ1v) is 9.38. The van der Waals surface area contributed by atoms with Gasteiger partial charge in [0.1, 0.15) is 17.2 Å². The van der Waals surface area contributed by atoms with E-state index in [1.165, 1.54) is 0 Å². The zero-order chi connectivity index (χ0) is 20.9. The summed E-state index contributed by atoms with van der Waals surface area (Å²) in [5, 5.41) is 5.64. The Kier molecular flexibility index (Phi) is 5.38. The number of rotatable bonds is 5. The summed E-state index contributed by atoms with van der Waals surface area (Å²) in [6.07, 6.45) is 5.18. The number of benzene rings is 1. The van der Waals surface area contributed by atoms with Crippen molar-refractivity contribution in [2.45, 2.75) is 6.92 Å². The summed E-state index contributed by atoms with van der Waals surface area (Å²) < 4.78 is 6.77. The summed E-state index contributed by atoms with van der Waals surface area (Å²) in [5.74, 6) is 0.138. The Morgan fingerprint density at radius 1 is 1.00 bits per heavy atom. The summed E-state index contributed by atoms with van der Waals surface area (Å²) in [4.78, 5) is 33.1. The molecular formula is C22H19N5O3. The average Bonchev–Trinajstić information content (AvgIpc) is 3.13. The van der Waals surface area contributed by atoms with Crippen LogP contribution >= 0.6 is 0 Å². The predicted octanol–water partition coefficient (Wildman–Crippen LogP) is 4.22. The molecule has 8 heteroatoms. The van der Waals surface area contributed by atoms with Crippen LogP contribution in [0.25, 0.3) is 16.9 Å². The van der Waals surface area contributed by atoms with E-state index in [4.69, 9.17) is 4.74 Å². The van der Waals surface area contributed by atoms with Crippen LogP contribution in [-0.4, -0.2) is 33.0 Å². The van der Waals surface area contributed by atoms with E-state index in [9.17, 15) is 9.59 Å². The molecule has 0 spiro atoms. The van der Waals surface area contributed by atoms with E-state index in [1.54, 1.807) is 48.0 Å². The Morgan fingerprint density at radius 2 is 1.77 bits per heavy atom. The molecule has 1 aromatic carbocycles. The lowest BCUT2D eigenvalue weighted by atomic mass is 10.2. The molecule has 0 aliphatic rings. The number of imidazole rings is 1. The van der Waals surface area contributed by atoms with E-state index < -0.39 is 12.0 Å². The molecule has 0 saturated heterocycles. The van der Waals surface area contributed by atoms with Crippen LogP contribution in [-0.2, 0) is 4.74 Å². The van der Waals surface area contributed by atoms with Crippen molar-refractivity contribution in [3.05, 3.63) is 78.8 Å². The van der Waals surface area contributed by atoms with Crippen LogP contribution in [0.2, 0.25) is 0 Å². The van der Waals surface area contributed by atoms with Crippen molar-refractivity contribution >= 4 is 29.2 Å². The van der Waals surface area contributed by atoms with Gasteiger partial charge in [-0.05, 0) is 55.5 Å². The Balaban J connectivity index is 1.57. The highest BCUT2D eigenvalue weighted by molar-refractivity contribution is 6.02. The highest BCUT2D eigenvalue weighted by atomic mass is 16.5. The molecule has 3 aromatic heterocycles. The molecule has 2 amide bonds. The minimum Gasteiger partial charge on any atom is -0.462 e. The maximum Gasteiger partial charge on any atom is 0.338 e. The Morgan fingerprint density at radius 3 is 2.50 bits per heavy atom. The van der Waals surface area contributed by atoms with Crippen molar-refractivity contribution in [2.75, 3.05) is 17.2 Å². The molecule has 2 N–H and O–H groups in total. The third-order valence-electron chi connectivity index (χ3n) is 4.37. The number of esters is 1. The summed E-state index contributed by atoms with van der Waals surface area (Å²) in [6, 6.07) is 15.3. The van der Waals surface area contributed by atoms with Crippen LogP contribution in [0, 0.1) is 0 Å². The SMILES string of the molecule is CCOC(=O)c1ccc(NC(=O)Nc2c(-c3ccncc3)nc3ccccn23)cc1. The summed E-state index contributed by atoms with van der Waals surface area (Å²) >= 11 is 0. The van der Waals surface area contributed by atoms with Crippen LogP contribution in [0.1, 0.15) is 17.3 Å². The first-order valence-electron chi connectivity index (χ1n) is 9.38. The minimum absolute atomic E-state index is 0.306. The molecule has 0 aliphatic heterocycles. The van der Waals surface area contributed by atoms with Crippen LogP contribution in [0.5, 0.6) is 0 Å². The number of anilines is 2.